The van der Waals surface area contributed by atoms with Crippen molar-refractivity contribution in [3.05, 3.63) is 39.9 Å². The van der Waals surface area contributed by atoms with Gasteiger partial charge in [-0.2, -0.15) is 0 Å². The molecule has 0 fully saturated rings. The molecule has 0 bridgehead atoms. The summed E-state index contributed by atoms with van der Waals surface area (Å²) in [5.41, 5.74) is -0.597. The number of carboxylic acid groups (broad SMARTS) is 1. The van der Waals surface area contributed by atoms with Crippen LogP contribution in [0.2, 0.25) is 0 Å². The Morgan fingerprint density at radius 3 is 2.37 bits per heavy atom. The molecule has 1 atom stereocenters. The highest BCUT2D eigenvalue weighted by Crippen LogP contribution is 2.21. The van der Waals surface area contributed by atoms with Crippen molar-refractivity contribution in [1.29, 1.82) is 0 Å². The number of hydrogen-bond acceptors (Lipinski definition) is 5. The fourth-order valence-corrected chi connectivity index (χ4v) is 1.57. The molecular formula is C12H11NO6. The molecule has 0 amide bonds. The van der Waals surface area contributed by atoms with Gasteiger partial charge in [-0.3, -0.25) is 24.5 Å². The molecule has 0 spiro atoms. The molecule has 0 aliphatic heterocycles. The Labute approximate surface area is 108 Å². The van der Waals surface area contributed by atoms with E-state index in [2.05, 4.69) is 0 Å². The van der Waals surface area contributed by atoms with E-state index in [-0.39, 0.29) is 5.56 Å². The number of nitro benzene ring substituents is 1. The molecule has 1 N–H and O–H groups in total. The molecule has 0 saturated heterocycles. The van der Waals surface area contributed by atoms with Crippen LogP contribution in [0.25, 0.3) is 0 Å². The number of rotatable bonds is 6. The Bertz CT molecular complexity index is 537. The van der Waals surface area contributed by atoms with Gasteiger partial charge in [0.25, 0.3) is 5.69 Å². The number of carbonyl (C=O) groups excluding carboxylic acids is 2. The van der Waals surface area contributed by atoms with E-state index in [9.17, 15) is 24.5 Å². The van der Waals surface area contributed by atoms with Crippen LogP contribution in [0.15, 0.2) is 24.3 Å². The minimum atomic E-state index is -1.48. The molecule has 1 aromatic rings. The van der Waals surface area contributed by atoms with Gasteiger partial charge in [-0.1, -0.05) is 12.1 Å². The molecule has 0 aliphatic rings. The second-order valence-electron chi connectivity index (χ2n) is 3.90. The van der Waals surface area contributed by atoms with Gasteiger partial charge in [0.15, 0.2) is 5.78 Å². The van der Waals surface area contributed by atoms with Crippen LogP contribution < -0.4 is 0 Å². The summed E-state index contributed by atoms with van der Waals surface area (Å²) in [6.07, 6.45) is -0.588. The van der Waals surface area contributed by atoms with Crippen molar-refractivity contribution in [1.82, 2.24) is 0 Å². The number of carboxylic acids is 1. The Kier molecular flexibility index (Phi) is 4.46. The number of benzene rings is 1. The normalized spacial score (nSPS) is 11.6. The van der Waals surface area contributed by atoms with Gasteiger partial charge < -0.3 is 5.11 Å². The minimum Gasteiger partial charge on any atom is -0.481 e. The predicted octanol–water partition coefficient (Wildman–Crippen LogP) is 1.46. The van der Waals surface area contributed by atoms with Crippen molar-refractivity contribution in [3.63, 3.8) is 0 Å². The van der Waals surface area contributed by atoms with E-state index in [0.29, 0.717) is 0 Å². The number of nitrogens with zero attached hydrogens (tertiary/aromatic N) is 1. The number of hydrogen-bond donors (Lipinski definition) is 1. The summed E-state index contributed by atoms with van der Waals surface area (Å²) in [5.74, 6) is -4.30. The average Bonchev–Trinajstić information content (AvgIpc) is 2.34. The van der Waals surface area contributed by atoms with E-state index < -0.39 is 40.5 Å². The van der Waals surface area contributed by atoms with Crippen molar-refractivity contribution >= 4 is 23.2 Å². The maximum absolute atomic E-state index is 11.9. The van der Waals surface area contributed by atoms with Gasteiger partial charge in [0.2, 0.25) is 0 Å². The van der Waals surface area contributed by atoms with Gasteiger partial charge in [-0.15, -0.1) is 0 Å². The van der Waals surface area contributed by atoms with Crippen LogP contribution >= 0.6 is 0 Å². The lowest BCUT2D eigenvalue weighted by molar-refractivity contribution is -0.385. The zero-order chi connectivity index (χ0) is 14.6. The van der Waals surface area contributed by atoms with Gasteiger partial charge in [-0.25, -0.2) is 0 Å². The van der Waals surface area contributed by atoms with Crippen LogP contribution in [0.5, 0.6) is 0 Å². The van der Waals surface area contributed by atoms with Crippen molar-refractivity contribution in [2.24, 2.45) is 5.92 Å². The summed E-state index contributed by atoms with van der Waals surface area (Å²) in [4.78, 5) is 43.8. The molecule has 7 nitrogen and oxygen atoms in total. The Morgan fingerprint density at radius 2 is 1.89 bits per heavy atom. The van der Waals surface area contributed by atoms with Gasteiger partial charge in [0.1, 0.15) is 11.7 Å². The molecule has 1 rings (SSSR count). The van der Waals surface area contributed by atoms with E-state index in [1.165, 1.54) is 18.2 Å². The van der Waals surface area contributed by atoms with Crippen LogP contribution in [0.4, 0.5) is 5.69 Å². The number of aliphatic carboxylic acids is 1. The second kappa shape index (κ2) is 5.85. The van der Waals surface area contributed by atoms with Crippen LogP contribution in [0.3, 0.4) is 0 Å². The van der Waals surface area contributed by atoms with Crippen LogP contribution in [0, 0.1) is 16.0 Å². The first-order valence-corrected chi connectivity index (χ1v) is 5.34. The van der Waals surface area contributed by atoms with E-state index in [4.69, 9.17) is 5.11 Å². The SMILES string of the molecule is CC(=O)C(CC(=O)c1ccccc1[N+](=O)[O-])C(=O)O. The highest BCUT2D eigenvalue weighted by molar-refractivity contribution is 6.06. The van der Waals surface area contributed by atoms with Gasteiger partial charge in [0, 0.05) is 12.5 Å². The van der Waals surface area contributed by atoms with Gasteiger partial charge in [0.05, 0.1) is 10.5 Å². The largest absolute Gasteiger partial charge is 0.481 e. The zero-order valence-electron chi connectivity index (χ0n) is 10.0. The summed E-state index contributed by atoms with van der Waals surface area (Å²) >= 11 is 0. The smallest absolute Gasteiger partial charge is 0.314 e. The number of nitro groups is 1. The summed E-state index contributed by atoms with van der Waals surface area (Å²) < 4.78 is 0. The Morgan fingerprint density at radius 1 is 1.32 bits per heavy atom. The maximum Gasteiger partial charge on any atom is 0.314 e. The Balaban J connectivity index is 3.05. The summed E-state index contributed by atoms with van der Waals surface area (Å²) in [6, 6.07) is 5.22. The fraction of sp³-hybridized carbons (Fsp3) is 0.250. The number of carbonyl (C=O) groups is 3. The van der Waals surface area contributed by atoms with Crippen molar-refractivity contribution < 1.29 is 24.4 Å². The highest BCUT2D eigenvalue weighted by Gasteiger charge is 2.29. The first-order valence-electron chi connectivity index (χ1n) is 5.34. The monoisotopic (exact) mass is 265 g/mol. The molecule has 19 heavy (non-hydrogen) atoms. The summed E-state index contributed by atoms with van der Waals surface area (Å²) in [5, 5.41) is 19.6. The molecule has 0 aromatic heterocycles. The van der Waals surface area contributed by atoms with Crippen molar-refractivity contribution in [3.8, 4) is 0 Å². The van der Waals surface area contributed by atoms with Crippen LogP contribution in [-0.4, -0.2) is 27.6 Å². The van der Waals surface area contributed by atoms with Crippen molar-refractivity contribution in [2.75, 3.05) is 0 Å². The molecular weight excluding hydrogens is 254 g/mol. The maximum atomic E-state index is 11.9. The molecule has 100 valence electrons. The lowest BCUT2D eigenvalue weighted by atomic mass is 9.94. The quantitative estimate of drug-likeness (QED) is 0.360. The second-order valence-corrected chi connectivity index (χ2v) is 3.90. The molecule has 0 radical (unpaired) electrons. The predicted molar refractivity (Wildman–Crippen MR) is 63.9 cm³/mol. The molecule has 7 heteroatoms. The van der Waals surface area contributed by atoms with E-state index in [1.807, 2.05) is 0 Å². The first-order chi connectivity index (χ1) is 8.84. The standard InChI is InChI=1S/C12H11NO6/c1-7(14)9(12(16)17)6-11(15)8-4-2-3-5-10(8)13(18)19/h2-5,9H,6H2,1H3,(H,16,17). The number of ketones is 2. The lowest BCUT2D eigenvalue weighted by Crippen LogP contribution is -2.24. The third-order valence-electron chi connectivity index (χ3n) is 2.58. The highest BCUT2D eigenvalue weighted by atomic mass is 16.6. The molecule has 1 aromatic carbocycles. The number of Topliss-reactive ketones (excluding diaryl/α,β-unsaturated/α-hetero) is 2. The van der Waals surface area contributed by atoms with E-state index in [1.54, 1.807) is 0 Å². The molecule has 1 unspecified atom stereocenters. The summed E-state index contributed by atoms with van der Waals surface area (Å²) in [6.45, 7) is 1.06. The molecule has 0 saturated carbocycles. The van der Waals surface area contributed by atoms with Crippen LogP contribution in [-0.2, 0) is 9.59 Å². The molecule has 0 heterocycles. The summed E-state index contributed by atoms with van der Waals surface area (Å²) in [7, 11) is 0. The first kappa shape index (κ1) is 14.5. The Hall–Kier alpha value is -2.57. The van der Waals surface area contributed by atoms with Gasteiger partial charge in [-0.05, 0) is 13.0 Å². The third-order valence-corrected chi connectivity index (χ3v) is 2.58. The topological polar surface area (TPSA) is 115 Å². The zero-order valence-corrected chi connectivity index (χ0v) is 10.0. The van der Waals surface area contributed by atoms with Crippen LogP contribution in [0.1, 0.15) is 23.7 Å². The average molecular weight is 265 g/mol. The van der Waals surface area contributed by atoms with E-state index in [0.717, 1.165) is 13.0 Å². The third kappa shape index (κ3) is 3.44. The molecule has 0 aliphatic carbocycles. The minimum absolute atomic E-state index is 0.194. The fourth-order valence-electron chi connectivity index (χ4n) is 1.57. The van der Waals surface area contributed by atoms with Crippen molar-refractivity contribution in [2.45, 2.75) is 13.3 Å². The van der Waals surface area contributed by atoms with E-state index >= 15 is 0 Å². The number of para-hydroxylation sites is 1. The lowest BCUT2D eigenvalue weighted by Gasteiger charge is -2.07. The van der Waals surface area contributed by atoms with Gasteiger partial charge >= 0.3 is 5.97 Å².